The normalized spacial score (nSPS) is 36.2. The van der Waals surface area contributed by atoms with Gasteiger partial charge in [0.05, 0.1) is 12.1 Å². The van der Waals surface area contributed by atoms with E-state index in [-0.39, 0.29) is 12.8 Å². The number of hydrogen-bond acceptors (Lipinski definition) is 6. The van der Waals surface area contributed by atoms with E-state index in [9.17, 15) is 24.1 Å². The van der Waals surface area contributed by atoms with E-state index < -0.39 is 49.5 Å². The van der Waals surface area contributed by atoms with Crippen molar-refractivity contribution in [1.29, 1.82) is 0 Å². The highest BCUT2D eigenvalue weighted by Gasteiger charge is 2.51. The third-order valence-electron chi connectivity index (χ3n) is 4.44. The lowest BCUT2D eigenvalue weighted by molar-refractivity contribution is -0.125. The maximum Gasteiger partial charge on any atom is 0.361 e. The van der Waals surface area contributed by atoms with E-state index in [0.29, 0.717) is 0 Å². The van der Waals surface area contributed by atoms with Crippen LogP contribution in [0.2, 0.25) is 0 Å². The van der Waals surface area contributed by atoms with Gasteiger partial charge in [0.15, 0.2) is 5.34 Å². The minimum absolute atomic E-state index is 0.0775. The molecule has 0 aromatic rings. The molecule has 0 spiro atoms. The summed E-state index contributed by atoms with van der Waals surface area (Å²) in [6, 6.07) is -0.444. The second-order valence-corrected chi connectivity index (χ2v) is 8.38. The number of hydrogen-bond donors (Lipinski definition) is 3. The van der Waals surface area contributed by atoms with Gasteiger partial charge in [0.25, 0.3) is 0 Å². The Balaban J connectivity index is 2.89. The third-order valence-corrected chi connectivity index (χ3v) is 6.55. The first kappa shape index (κ1) is 21.0. The van der Waals surface area contributed by atoms with Crippen LogP contribution < -0.4 is 0 Å². The molecule has 10 heteroatoms. The van der Waals surface area contributed by atoms with E-state index >= 15 is 0 Å². The first-order chi connectivity index (χ1) is 10.4. The van der Waals surface area contributed by atoms with Crippen LogP contribution >= 0.6 is 7.60 Å². The highest BCUT2D eigenvalue weighted by Crippen LogP contribution is 2.59. The van der Waals surface area contributed by atoms with Gasteiger partial charge in [0.1, 0.15) is 20.1 Å². The van der Waals surface area contributed by atoms with Gasteiger partial charge in [-0.3, -0.25) is 9.09 Å². The Bertz CT molecular complexity index is 452. The van der Waals surface area contributed by atoms with Crippen molar-refractivity contribution in [3.63, 3.8) is 0 Å². The van der Waals surface area contributed by atoms with Crippen LogP contribution in [-0.2, 0) is 18.6 Å². The minimum atomic E-state index is -4.64. The molecule has 0 aromatic carbocycles. The van der Waals surface area contributed by atoms with Crippen molar-refractivity contribution in [3.05, 3.63) is 0 Å². The first-order valence-corrected chi connectivity index (χ1v) is 9.32. The molecule has 1 aliphatic heterocycles. The molecule has 0 saturated carbocycles. The van der Waals surface area contributed by atoms with Crippen LogP contribution in [0.25, 0.3) is 0 Å². The quantitative estimate of drug-likeness (QED) is 0.430. The number of halogens is 1. The molecule has 1 fully saturated rings. The summed E-state index contributed by atoms with van der Waals surface area (Å²) in [5.41, 5.74) is 0. The molecule has 7 atom stereocenters. The highest BCUT2D eigenvalue weighted by molar-refractivity contribution is 7.54. The fourth-order valence-corrected chi connectivity index (χ4v) is 3.73. The van der Waals surface area contributed by atoms with Crippen LogP contribution in [-0.4, -0.2) is 65.6 Å². The smallest absolute Gasteiger partial charge is 0.361 e. The predicted octanol–water partition coefficient (Wildman–Crippen LogP) is 0.507. The van der Waals surface area contributed by atoms with E-state index in [1.807, 2.05) is 0 Å². The van der Waals surface area contributed by atoms with Gasteiger partial charge < -0.3 is 24.6 Å². The summed E-state index contributed by atoms with van der Waals surface area (Å²) in [4.78, 5) is 9.91. The zero-order valence-electron chi connectivity index (χ0n) is 14.2. The van der Waals surface area contributed by atoms with Gasteiger partial charge in [-0.25, -0.2) is 4.39 Å². The maximum atomic E-state index is 15.0. The molecule has 0 amide bonds. The Hall–Kier alpha value is -0.0151. The number of ether oxygens (including phenoxy) is 2. The summed E-state index contributed by atoms with van der Waals surface area (Å²) in [7, 11) is -1.54. The summed E-state index contributed by atoms with van der Waals surface area (Å²) in [6.07, 6.45) is -3.39. The van der Waals surface area contributed by atoms with E-state index in [0.717, 1.165) is 6.92 Å². The fraction of sp³-hybridized carbons (Fsp3) is 1.00. The van der Waals surface area contributed by atoms with Gasteiger partial charge >= 0.3 is 7.60 Å². The zero-order chi connectivity index (χ0) is 18.1. The number of aliphatic hydroxyl groups excluding tert-OH is 1. The van der Waals surface area contributed by atoms with Crippen LogP contribution in [0.5, 0.6) is 0 Å². The molecule has 7 nitrogen and oxygen atoms in total. The van der Waals surface area contributed by atoms with Gasteiger partial charge in [-0.1, -0.05) is 13.8 Å². The van der Waals surface area contributed by atoms with E-state index in [4.69, 9.17) is 14.0 Å². The van der Waals surface area contributed by atoms with Crippen LogP contribution in [0.1, 0.15) is 40.0 Å². The van der Waals surface area contributed by atoms with Gasteiger partial charge in [-0.2, -0.15) is 0 Å². The number of alkyl halides is 1. The third kappa shape index (κ3) is 4.54. The van der Waals surface area contributed by atoms with E-state index in [1.165, 1.54) is 21.0 Å². The Morgan fingerprint density at radius 1 is 1.39 bits per heavy atom. The van der Waals surface area contributed by atoms with Crippen molar-refractivity contribution in [2.45, 2.75) is 75.5 Å². The van der Waals surface area contributed by atoms with Crippen molar-refractivity contribution >= 4 is 15.4 Å². The SMILES string of the molecule is B[C@@H]1O[C@H](CC(F)(CC)OP(=O)(O)C(C)(O)CC)[C@@H](O)[C@H]1OC. The lowest BCUT2D eigenvalue weighted by atomic mass is 9.92. The van der Waals surface area contributed by atoms with Crippen molar-refractivity contribution < 1.29 is 38.1 Å². The number of methoxy groups -OCH3 is 1. The fourth-order valence-electron chi connectivity index (χ4n) is 2.49. The monoisotopic (exact) mass is 356 g/mol. The van der Waals surface area contributed by atoms with Crippen molar-refractivity contribution in [1.82, 2.24) is 0 Å². The molecule has 136 valence electrons. The second kappa shape index (κ2) is 7.48. The summed E-state index contributed by atoms with van der Waals surface area (Å²) < 4.78 is 42.5. The highest BCUT2D eigenvalue weighted by atomic mass is 31.2. The molecule has 0 aliphatic carbocycles. The molecule has 0 radical (unpaired) electrons. The predicted molar refractivity (Wildman–Crippen MR) is 84.6 cm³/mol. The molecule has 3 N–H and O–H groups in total. The topological polar surface area (TPSA) is 105 Å². The van der Waals surface area contributed by atoms with Gasteiger partial charge in [0, 0.05) is 20.0 Å². The summed E-state index contributed by atoms with van der Waals surface area (Å²) in [6.45, 7) is 4.06. The molecule has 1 saturated heterocycles. The Morgan fingerprint density at radius 3 is 2.35 bits per heavy atom. The van der Waals surface area contributed by atoms with Crippen LogP contribution in [0.15, 0.2) is 0 Å². The van der Waals surface area contributed by atoms with Crippen LogP contribution in [0, 0.1) is 0 Å². The van der Waals surface area contributed by atoms with Gasteiger partial charge in [0.2, 0.25) is 5.85 Å². The summed E-state index contributed by atoms with van der Waals surface area (Å²) >= 11 is 0. The average molecular weight is 356 g/mol. The van der Waals surface area contributed by atoms with Crippen molar-refractivity contribution in [2.75, 3.05) is 7.11 Å². The number of aliphatic hydroxyl groups is 2. The van der Waals surface area contributed by atoms with E-state index in [2.05, 4.69) is 0 Å². The summed E-state index contributed by atoms with van der Waals surface area (Å²) in [5, 5.41) is 18.0. The molecule has 0 bridgehead atoms. The van der Waals surface area contributed by atoms with Gasteiger partial charge in [-0.15, -0.1) is 0 Å². The molecule has 23 heavy (non-hydrogen) atoms. The molecular formula is C13H27BFO7P. The molecule has 3 unspecified atom stereocenters. The zero-order valence-corrected chi connectivity index (χ0v) is 15.1. The Kier molecular flexibility index (Phi) is 6.84. The molecular weight excluding hydrogens is 329 g/mol. The first-order valence-electron chi connectivity index (χ1n) is 7.74. The minimum Gasteiger partial charge on any atom is -0.388 e. The Morgan fingerprint density at radius 2 is 1.96 bits per heavy atom. The second-order valence-electron chi connectivity index (χ2n) is 6.19. The number of rotatable bonds is 8. The maximum absolute atomic E-state index is 15.0. The molecule has 1 aliphatic rings. The lowest BCUT2D eigenvalue weighted by Gasteiger charge is -2.34. The van der Waals surface area contributed by atoms with Crippen molar-refractivity contribution in [3.8, 4) is 0 Å². The molecule has 1 heterocycles. The summed E-state index contributed by atoms with van der Waals surface area (Å²) in [5.74, 6) is -2.52. The van der Waals surface area contributed by atoms with Gasteiger partial charge in [-0.05, 0) is 13.3 Å². The average Bonchev–Trinajstić information content (AvgIpc) is 2.71. The molecule has 0 aromatic heterocycles. The Labute approximate surface area is 137 Å². The largest absolute Gasteiger partial charge is 0.388 e. The van der Waals surface area contributed by atoms with Crippen LogP contribution in [0.3, 0.4) is 0 Å². The standard InChI is InChI=1S/C13H27BFO7P/c1-5-12(3,17)23(18,19)22-13(15,6-2)7-8-9(16)10(20-4)11(14)21-8/h8-11,16-17H,5-7,14H2,1-4H3,(H,18,19)/t8-,9-,10-,11-,12?,13?/m1/s1. The van der Waals surface area contributed by atoms with Crippen molar-refractivity contribution in [2.24, 2.45) is 0 Å². The van der Waals surface area contributed by atoms with E-state index in [1.54, 1.807) is 7.85 Å². The molecule has 1 rings (SSSR count). The van der Waals surface area contributed by atoms with Crippen LogP contribution in [0.4, 0.5) is 4.39 Å². The lowest BCUT2D eigenvalue weighted by Crippen LogP contribution is -2.40.